The average molecular weight is 449 g/mol. The van der Waals surface area contributed by atoms with E-state index in [-0.39, 0.29) is 46.6 Å². The standard InChI is InChI=1S/C21H20O6.H2Se/c1-26-20-11-14(5-9-18(20)24)3-7-16(22)13-17(23)8-4-15-6-10-19(25)21(12-15)27-2;/h3-12,24-25H,13H2,1-2H3;1H2/b7-3+,8-4+;. The molecule has 2 N–H and O–H groups in total. The third kappa shape index (κ3) is 6.61. The van der Waals surface area contributed by atoms with Gasteiger partial charge in [0.05, 0.1) is 20.6 Å². The number of methoxy groups -OCH3 is 2. The maximum absolute atomic E-state index is 11.9. The van der Waals surface area contributed by atoms with Crippen LogP contribution in [0.15, 0.2) is 48.6 Å². The Labute approximate surface area is 173 Å². The van der Waals surface area contributed by atoms with E-state index in [4.69, 9.17) is 9.47 Å². The van der Waals surface area contributed by atoms with Crippen LogP contribution in [0.4, 0.5) is 0 Å². The van der Waals surface area contributed by atoms with Gasteiger partial charge >= 0.3 is 17.1 Å². The fraction of sp³-hybridized carbons (Fsp3) is 0.143. The van der Waals surface area contributed by atoms with E-state index in [9.17, 15) is 19.8 Å². The van der Waals surface area contributed by atoms with E-state index >= 15 is 0 Å². The van der Waals surface area contributed by atoms with Crippen LogP contribution in [-0.4, -0.2) is 53.1 Å². The molecule has 0 amide bonds. The van der Waals surface area contributed by atoms with Crippen molar-refractivity contribution in [1.29, 1.82) is 0 Å². The van der Waals surface area contributed by atoms with E-state index in [0.717, 1.165) is 0 Å². The van der Waals surface area contributed by atoms with Crippen molar-refractivity contribution in [3.63, 3.8) is 0 Å². The Kier molecular flexibility index (Phi) is 9.02. The van der Waals surface area contributed by atoms with Crippen molar-refractivity contribution >= 4 is 40.8 Å². The zero-order valence-corrected chi connectivity index (χ0v) is 17.6. The van der Waals surface area contributed by atoms with Gasteiger partial charge in [0.15, 0.2) is 34.6 Å². The van der Waals surface area contributed by atoms with Crippen molar-refractivity contribution in [2.75, 3.05) is 14.2 Å². The summed E-state index contributed by atoms with van der Waals surface area (Å²) in [4.78, 5) is 23.9. The summed E-state index contributed by atoms with van der Waals surface area (Å²) < 4.78 is 10.00. The second-order valence-corrected chi connectivity index (χ2v) is 5.64. The SMILES string of the molecule is COc1cc(/C=C/C(=O)CC(=O)/C=C/c2ccc(O)c(OC)c2)ccc1O.[SeH2]. The predicted octanol–water partition coefficient (Wildman–Crippen LogP) is 2.45. The van der Waals surface area contributed by atoms with Crippen LogP contribution in [0.5, 0.6) is 23.0 Å². The summed E-state index contributed by atoms with van der Waals surface area (Å²) in [5.41, 5.74) is 1.33. The number of ketones is 2. The Morgan fingerprint density at radius 3 is 1.57 bits per heavy atom. The summed E-state index contributed by atoms with van der Waals surface area (Å²) in [5.74, 6) is -0.0832. The van der Waals surface area contributed by atoms with E-state index in [1.807, 2.05) is 0 Å². The molecule has 148 valence electrons. The molecule has 0 aliphatic heterocycles. The van der Waals surface area contributed by atoms with Gasteiger partial charge in [-0.05, 0) is 47.5 Å². The van der Waals surface area contributed by atoms with Crippen LogP contribution < -0.4 is 9.47 Å². The van der Waals surface area contributed by atoms with Gasteiger partial charge in [-0.15, -0.1) is 0 Å². The van der Waals surface area contributed by atoms with E-state index in [1.54, 1.807) is 36.4 Å². The number of carbonyl (C=O) groups is 2. The first kappa shape index (κ1) is 23.0. The summed E-state index contributed by atoms with van der Waals surface area (Å²) in [6.45, 7) is 0. The number of phenols is 2. The number of carbonyl (C=O) groups excluding carboxylic acids is 2. The van der Waals surface area contributed by atoms with E-state index in [1.165, 1.54) is 38.5 Å². The van der Waals surface area contributed by atoms with Gasteiger partial charge in [0.2, 0.25) is 0 Å². The normalized spacial score (nSPS) is 10.6. The molecule has 0 aliphatic rings. The molecule has 0 atom stereocenters. The van der Waals surface area contributed by atoms with Crippen LogP contribution in [0.1, 0.15) is 17.5 Å². The van der Waals surface area contributed by atoms with Crippen LogP contribution in [-0.2, 0) is 9.59 Å². The summed E-state index contributed by atoms with van der Waals surface area (Å²) in [6.07, 6.45) is 5.44. The van der Waals surface area contributed by atoms with Crippen LogP contribution in [0, 0.1) is 0 Å². The Bertz CT molecular complexity index is 828. The Morgan fingerprint density at radius 2 is 1.21 bits per heavy atom. The van der Waals surface area contributed by atoms with Gasteiger partial charge in [0.25, 0.3) is 0 Å². The van der Waals surface area contributed by atoms with Crippen LogP contribution in [0.25, 0.3) is 12.2 Å². The Hall–Kier alpha value is -3.02. The summed E-state index contributed by atoms with van der Waals surface area (Å²) in [5, 5.41) is 19.1. The zero-order chi connectivity index (χ0) is 19.8. The molecule has 0 bridgehead atoms. The van der Waals surface area contributed by atoms with E-state index < -0.39 is 0 Å². The number of phenolic OH excluding ortho intramolecular Hbond substituents is 2. The van der Waals surface area contributed by atoms with Crippen LogP contribution >= 0.6 is 0 Å². The van der Waals surface area contributed by atoms with Crippen molar-refractivity contribution in [2.24, 2.45) is 0 Å². The van der Waals surface area contributed by atoms with Gasteiger partial charge in [-0.25, -0.2) is 0 Å². The second kappa shape index (κ2) is 11.0. The number of rotatable bonds is 8. The molecule has 0 radical (unpaired) electrons. The molecule has 0 saturated carbocycles. The number of hydrogen-bond donors (Lipinski definition) is 2. The van der Waals surface area contributed by atoms with Crippen molar-refractivity contribution < 1.29 is 29.3 Å². The molecular weight excluding hydrogens is 427 g/mol. The number of aromatic hydroxyl groups is 2. The molecule has 0 aliphatic carbocycles. The first-order chi connectivity index (χ1) is 12.9. The third-order valence-corrected chi connectivity index (χ3v) is 3.68. The second-order valence-electron chi connectivity index (χ2n) is 5.64. The molecule has 2 rings (SSSR count). The van der Waals surface area contributed by atoms with E-state index in [2.05, 4.69) is 0 Å². The van der Waals surface area contributed by atoms with Gasteiger partial charge in [-0.2, -0.15) is 0 Å². The fourth-order valence-corrected chi connectivity index (χ4v) is 2.26. The Balaban J connectivity index is 0.00000392. The molecule has 0 aromatic heterocycles. The van der Waals surface area contributed by atoms with Gasteiger partial charge in [0.1, 0.15) is 0 Å². The molecule has 7 heteroatoms. The summed E-state index contributed by atoms with van der Waals surface area (Å²) in [7, 11) is 2.87. The number of benzene rings is 2. The summed E-state index contributed by atoms with van der Waals surface area (Å²) in [6, 6.07) is 9.34. The minimum atomic E-state index is -0.347. The molecule has 0 spiro atoms. The molecule has 2 aromatic carbocycles. The van der Waals surface area contributed by atoms with Crippen LogP contribution in [0.3, 0.4) is 0 Å². The number of allylic oxidation sites excluding steroid dienone is 2. The third-order valence-electron chi connectivity index (χ3n) is 3.68. The molecule has 28 heavy (non-hydrogen) atoms. The molecule has 0 heterocycles. The molecule has 0 unspecified atom stereocenters. The number of ether oxygens (including phenoxy) is 2. The van der Waals surface area contributed by atoms with Gasteiger partial charge in [-0.3, -0.25) is 9.59 Å². The molecule has 6 nitrogen and oxygen atoms in total. The Morgan fingerprint density at radius 1 is 0.821 bits per heavy atom. The number of hydrogen-bond acceptors (Lipinski definition) is 6. The van der Waals surface area contributed by atoms with Gasteiger partial charge in [0, 0.05) is 0 Å². The van der Waals surface area contributed by atoms with Crippen molar-refractivity contribution in [3.8, 4) is 23.0 Å². The molecule has 0 saturated heterocycles. The molecule has 0 fully saturated rings. The van der Waals surface area contributed by atoms with E-state index in [0.29, 0.717) is 22.6 Å². The van der Waals surface area contributed by atoms with Gasteiger partial charge < -0.3 is 19.7 Å². The fourth-order valence-electron chi connectivity index (χ4n) is 2.26. The maximum atomic E-state index is 11.9. The quantitative estimate of drug-likeness (QED) is 0.366. The predicted molar refractivity (Wildman–Crippen MR) is 111 cm³/mol. The zero-order valence-electron chi connectivity index (χ0n) is 15.5. The summed E-state index contributed by atoms with van der Waals surface area (Å²) >= 11 is 0. The monoisotopic (exact) mass is 450 g/mol. The molecular formula is C21H22O6Se. The minimum absolute atomic E-state index is 0. The first-order valence-corrected chi connectivity index (χ1v) is 8.08. The molecule has 2 aromatic rings. The van der Waals surface area contributed by atoms with Gasteiger partial charge in [-0.1, -0.05) is 24.3 Å². The van der Waals surface area contributed by atoms with Crippen molar-refractivity contribution in [1.82, 2.24) is 0 Å². The van der Waals surface area contributed by atoms with Crippen molar-refractivity contribution in [2.45, 2.75) is 6.42 Å². The topological polar surface area (TPSA) is 93.1 Å². The van der Waals surface area contributed by atoms with Crippen molar-refractivity contribution in [3.05, 3.63) is 59.7 Å². The van der Waals surface area contributed by atoms with Crippen LogP contribution in [0.2, 0.25) is 0 Å². The average Bonchev–Trinajstić information content (AvgIpc) is 2.66. The first-order valence-electron chi connectivity index (χ1n) is 8.08.